The van der Waals surface area contributed by atoms with Crippen molar-refractivity contribution >= 4 is 100 Å². The summed E-state index contributed by atoms with van der Waals surface area (Å²) < 4.78 is 92.5. The van der Waals surface area contributed by atoms with Gasteiger partial charge in [-0.15, -0.1) is 0 Å². The van der Waals surface area contributed by atoms with Gasteiger partial charge in [-0.05, 0) is 0 Å². The maximum atomic E-state index is 9.51. The average molecular weight is 372 g/mol. The van der Waals surface area contributed by atoms with E-state index in [-0.39, 0.29) is 59.1 Å². The van der Waals surface area contributed by atoms with Gasteiger partial charge in [0.15, 0.2) is 0 Å². The Morgan fingerprint density at radius 2 is 0.889 bits per heavy atom. The van der Waals surface area contributed by atoms with Gasteiger partial charge in [-0.3, -0.25) is 18.2 Å². The van der Waals surface area contributed by atoms with Gasteiger partial charge in [0.2, 0.25) is 0 Å². The predicted octanol–water partition coefficient (Wildman–Crippen LogP) is -3.41. The van der Waals surface area contributed by atoms with Crippen molar-refractivity contribution in [1.82, 2.24) is 0 Å². The van der Waals surface area contributed by atoms with Gasteiger partial charge in [-0.2, -0.15) is 16.8 Å². The number of hydrogen-bond donors (Lipinski definition) is 4. The second-order valence-electron chi connectivity index (χ2n) is 1.43. The van der Waals surface area contributed by atoms with E-state index < -0.39 is 41.0 Å². The summed E-state index contributed by atoms with van der Waals surface area (Å²) in [6.07, 6.45) is 0. The molecule has 0 saturated heterocycles. The second kappa shape index (κ2) is 12.7. The molecule has 0 aromatic heterocycles. The summed E-state index contributed by atoms with van der Waals surface area (Å²) in [7, 11) is -15.2. The third-order valence-electron chi connectivity index (χ3n) is 0.322. The Labute approximate surface area is 150 Å². The Hall–Kier alpha value is 1.96. The molecule has 0 radical (unpaired) electrons. The van der Waals surface area contributed by atoms with E-state index in [0.717, 1.165) is 0 Å². The Morgan fingerprint density at radius 3 is 0.944 bits per heavy atom. The van der Waals surface area contributed by atoms with Crippen LogP contribution in [-0.2, 0) is 49.7 Å². The first kappa shape index (κ1) is 28.2. The molecule has 12 nitrogen and oxygen atoms in total. The van der Waals surface area contributed by atoms with Crippen molar-refractivity contribution < 1.29 is 52.1 Å². The summed E-state index contributed by atoms with van der Waals surface area (Å²) in [6, 6.07) is 0. The molecule has 18 heteroatoms. The first-order valence-electron chi connectivity index (χ1n) is 2.40. The van der Waals surface area contributed by atoms with Crippen LogP contribution in [0.15, 0.2) is 0 Å². The van der Waals surface area contributed by atoms with E-state index in [1.54, 1.807) is 0 Å². The summed E-state index contributed by atoms with van der Waals surface area (Å²) >= 11 is 0. The van der Waals surface area contributed by atoms with Gasteiger partial charge in [0, 0.05) is 0 Å². The molecule has 0 aromatic rings. The van der Waals surface area contributed by atoms with Crippen LogP contribution in [0.2, 0.25) is 0 Å². The second-order valence-corrected chi connectivity index (χ2v) is 5.99. The standard InChI is InChI=1S/2Na.H2O8S2.H2O4S2.2H/c;;1-9(2,3)7-8-10(4,5)6;1-5(2)6(3)4;;/h;;(H,1,2,3)(H,4,5,6);(H,1,2)(H,3,4);;. The molecule has 18 heavy (non-hydrogen) atoms. The molecule has 4 N–H and O–H groups in total. The minimum atomic E-state index is -5.02. The van der Waals surface area contributed by atoms with E-state index in [9.17, 15) is 25.3 Å². The predicted molar refractivity (Wildman–Crippen MR) is 61.1 cm³/mol. The molecule has 0 bridgehead atoms. The zero-order chi connectivity index (χ0) is 13.6. The molecule has 2 atom stereocenters. The van der Waals surface area contributed by atoms with Crippen molar-refractivity contribution in [2.75, 3.05) is 0 Å². The van der Waals surface area contributed by atoms with Crippen LogP contribution in [0.1, 0.15) is 0 Å². The molecule has 0 aliphatic rings. The third kappa shape index (κ3) is 30.8. The van der Waals surface area contributed by atoms with E-state index in [4.69, 9.17) is 18.2 Å². The summed E-state index contributed by atoms with van der Waals surface area (Å²) in [5.74, 6) is 0. The van der Waals surface area contributed by atoms with Crippen molar-refractivity contribution in [3.05, 3.63) is 0 Å². The first-order chi connectivity index (χ1) is 6.85. The zero-order valence-corrected chi connectivity index (χ0v) is 9.95. The van der Waals surface area contributed by atoms with Gasteiger partial charge in [0.25, 0.3) is 20.2 Å². The van der Waals surface area contributed by atoms with Gasteiger partial charge in [-0.1, -0.05) is 8.67 Å². The molecular formula is H6Na2O12S4. The number of rotatable bonds is 4. The van der Waals surface area contributed by atoms with Crippen LogP contribution in [0.25, 0.3) is 0 Å². The Kier molecular flexibility index (Phi) is 19.8. The Morgan fingerprint density at radius 1 is 0.722 bits per heavy atom. The quantitative estimate of drug-likeness (QED) is 0.0952. The van der Waals surface area contributed by atoms with Crippen LogP contribution in [0.5, 0.6) is 0 Å². The number of hydrogen-bond acceptors (Lipinski definition) is 8. The van der Waals surface area contributed by atoms with E-state index in [0.29, 0.717) is 0 Å². The van der Waals surface area contributed by atoms with E-state index in [2.05, 4.69) is 8.67 Å². The summed E-state index contributed by atoms with van der Waals surface area (Å²) in [4.78, 5) is 0. The van der Waals surface area contributed by atoms with Crippen molar-refractivity contribution in [2.45, 2.75) is 0 Å². The first-order valence-corrected chi connectivity index (χ1v) is 7.86. The van der Waals surface area contributed by atoms with Crippen LogP contribution >= 0.6 is 0 Å². The fraction of sp³-hybridized carbons (Fsp3) is 0. The normalized spacial score (nSPS) is 14.0. The summed E-state index contributed by atoms with van der Waals surface area (Å²) in [6.45, 7) is 0. The molecule has 0 aliphatic heterocycles. The van der Waals surface area contributed by atoms with Gasteiger partial charge < -0.3 is 0 Å². The van der Waals surface area contributed by atoms with E-state index in [1.165, 1.54) is 0 Å². The van der Waals surface area contributed by atoms with E-state index >= 15 is 0 Å². The average Bonchev–Trinajstić information content (AvgIpc) is 1.99. The van der Waals surface area contributed by atoms with Crippen molar-refractivity contribution in [1.29, 1.82) is 0 Å². The Balaban J connectivity index is -0.000000108. The molecule has 2 unspecified atom stereocenters. The SMILES string of the molecule is O=S(=O)(O)OOS(=O)(=O)O.O=S(O)S(=O)O.[NaH].[NaH]. The summed E-state index contributed by atoms with van der Waals surface area (Å²) in [5.41, 5.74) is 0. The molecule has 0 aromatic carbocycles. The molecule has 0 spiro atoms. The fourth-order valence-corrected chi connectivity index (χ4v) is 0.632. The molecule has 0 saturated carbocycles. The monoisotopic (exact) mass is 372 g/mol. The van der Waals surface area contributed by atoms with Crippen LogP contribution in [-0.4, -0.2) is 103 Å². The summed E-state index contributed by atoms with van der Waals surface area (Å²) in [5, 5.41) is 0. The van der Waals surface area contributed by atoms with Crippen LogP contribution in [0, 0.1) is 0 Å². The van der Waals surface area contributed by atoms with Crippen molar-refractivity contribution in [3.8, 4) is 0 Å². The van der Waals surface area contributed by atoms with Gasteiger partial charge in [0.1, 0.15) is 0 Å². The molecule has 0 amide bonds. The van der Waals surface area contributed by atoms with Crippen LogP contribution < -0.4 is 0 Å². The molecule has 0 rings (SSSR count). The fourth-order valence-electron chi connectivity index (χ4n) is 0.0702. The van der Waals surface area contributed by atoms with Gasteiger partial charge >= 0.3 is 79.9 Å². The van der Waals surface area contributed by atoms with Crippen molar-refractivity contribution in [3.63, 3.8) is 0 Å². The topological polar surface area (TPSA) is 202 Å². The van der Waals surface area contributed by atoms with E-state index in [1.807, 2.05) is 0 Å². The molecule has 0 heterocycles. The minimum absolute atomic E-state index is 0. The maximum absolute atomic E-state index is 9.51. The van der Waals surface area contributed by atoms with Gasteiger partial charge in [0.05, 0.1) is 0 Å². The van der Waals surface area contributed by atoms with Crippen LogP contribution in [0.4, 0.5) is 0 Å². The third-order valence-corrected chi connectivity index (χ3v) is 1.86. The molecule has 104 valence electrons. The molecule has 0 fully saturated rings. The molecule has 0 aliphatic carbocycles. The Bertz CT molecular complexity index is 398. The van der Waals surface area contributed by atoms with Crippen molar-refractivity contribution in [2.24, 2.45) is 0 Å². The molecular weight excluding hydrogens is 366 g/mol. The van der Waals surface area contributed by atoms with Crippen LogP contribution in [0.3, 0.4) is 0 Å². The van der Waals surface area contributed by atoms with Gasteiger partial charge in [-0.25, -0.2) is 8.42 Å². The zero-order valence-electron chi connectivity index (χ0n) is 6.69.